The molecule has 0 unspecified atom stereocenters. The van der Waals surface area contributed by atoms with Gasteiger partial charge in [-0.05, 0) is 12.1 Å². The highest BCUT2D eigenvalue weighted by molar-refractivity contribution is 8.15. The highest BCUT2D eigenvalue weighted by Gasteiger charge is 2.31. The summed E-state index contributed by atoms with van der Waals surface area (Å²) in [6.45, 7) is 5.88. The average Bonchev–Trinajstić information content (AvgIpc) is 2.15. The molecule has 0 amide bonds. The zero-order chi connectivity index (χ0) is 12.0. The van der Waals surface area contributed by atoms with E-state index in [9.17, 15) is 8.42 Å². The van der Waals surface area contributed by atoms with Crippen LogP contribution in [0.25, 0.3) is 0 Å². The van der Waals surface area contributed by atoms with Gasteiger partial charge >= 0.3 is 0 Å². The van der Waals surface area contributed by atoms with Crippen molar-refractivity contribution in [3.63, 3.8) is 0 Å². The van der Waals surface area contributed by atoms with Crippen molar-refractivity contribution in [2.45, 2.75) is 30.6 Å². The summed E-state index contributed by atoms with van der Waals surface area (Å²) >= 11 is 1.44. The van der Waals surface area contributed by atoms with E-state index in [1.165, 1.54) is 11.8 Å². The van der Waals surface area contributed by atoms with Gasteiger partial charge in [0.15, 0.2) is 0 Å². The van der Waals surface area contributed by atoms with E-state index in [1.807, 2.05) is 32.9 Å². The molecule has 0 aromatic heterocycles. The summed E-state index contributed by atoms with van der Waals surface area (Å²) in [7, 11) is -3.51. The standard InChI is InChI=1S/C11H13NO2S2/c1-11(2,3)10-12-16(13,14)9-7-5-4-6-8(9)15-10/h4-7H,1-3H3. The minimum atomic E-state index is -3.51. The van der Waals surface area contributed by atoms with E-state index in [2.05, 4.69) is 4.40 Å². The molecule has 1 aliphatic rings. The van der Waals surface area contributed by atoms with Gasteiger partial charge in [0.05, 0.1) is 5.04 Å². The fourth-order valence-electron chi connectivity index (χ4n) is 1.32. The lowest BCUT2D eigenvalue weighted by Crippen LogP contribution is -2.21. The lowest BCUT2D eigenvalue weighted by Gasteiger charge is -2.24. The molecule has 0 saturated carbocycles. The summed E-state index contributed by atoms with van der Waals surface area (Å²) in [5.41, 5.74) is -0.245. The van der Waals surface area contributed by atoms with Crippen LogP contribution >= 0.6 is 11.8 Å². The zero-order valence-corrected chi connectivity index (χ0v) is 11.0. The molecule has 1 aromatic rings. The first kappa shape index (κ1) is 11.7. The molecule has 0 saturated heterocycles. The van der Waals surface area contributed by atoms with Crippen LogP contribution in [0.1, 0.15) is 20.8 Å². The number of hydrogen-bond donors (Lipinski definition) is 0. The highest BCUT2D eigenvalue weighted by Crippen LogP contribution is 2.39. The van der Waals surface area contributed by atoms with E-state index >= 15 is 0 Å². The molecule has 0 radical (unpaired) electrons. The van der Waals surface area contributed by atoms with Crippen molar-refractivity contribution in [1.29, 1.82) is 0 Å². The summed E-state index contributed by atoms with van der Waals surface area (Å²) in [4.78, 5) is 1.08. The van der Waals surface area contributed by atoms with Crippen molar-refractivity contribution < 1.29 is 8.42 Å². The Morgan fingerprint density at radius 1 is 1.19 bits per heavy atom. The minimum Gasteiger partial charge on any atom is -0.199 e. The summed E-state index contributed by atoms with van der Waals surface area (Å²) < 4.78 is 27.7. The lowest BCUT2D eigenvalue weighted by atomic mass is 9.99. The maximum atomic E-state index is 11.9. The zero-order valence-electron chi connectivity index (χ0n) is 9.39. The highest BCUT2D eigenvalue weighted by atomic mass is 32.2. The molecule has 1 heterocycles. The molecule has 0 fully saturated rings. The first-order valence-corrected chi connectivity index (χ1v) is 7.19. The van der Waals surface area contributed by atoms with Crippen molar-refractivity contribution in [3.05, 3.63) is 24.3 Å². The molecule has 16 heavy (non-hydrogen) atoms. The molecule has 0 spiro atoms. The van der Waals surface area contributed by atoms with Crippen LogP contribution < -0.4 is 0 Å². The third-order valence-corrected chi connectivity index (χ3v) is 5.23. The molecule has 0 bridgehead atoms. The second kappa shape index (κ2) is 3.60. The van der Waals surface area contributed by atoms with Crippen molar-refractivity contribution in [2.24, 2.45) is 9.81 Å². The topological polar surface area (TPSA) is 46.5 Å². The third kappa shape index (κ3) is 2.01. The van der Waals surface area contributed by atoms with Crippen LogP contribution in [0.2, 0.25) is 0 Å². The van der Waals surface area contributed by atoms with E-state index in [0.717, 1.165) is 4.90 Å². The van der Waals surface area contributed by atoms with Gasteiger partial charge in [-0.1, -0.05) is 44.7 Å². The fraction of sp³-hybridized carbons (Fsp3) is 0.364. The van der Waals surface area contributed by atoms with E-state index in [4.69, 9.17) is 0 Å². The maximum absolute atomic E-state index is 11.9. The molecule has 0 N–H and O–H groups in total. The Morgan fingerprint density at radius 3 is 2.44 bits per heavy atom. The third-order valence-electron chi connectivity index (χ3n) is 2.18. The summed E-state index contributed by atoms with van der Waals surface area (Å²) in [6.07, 6.45) is 0. The largest absolute Gasteiger partial charge is 0.284 e. The molecule has 86 valence electrons. The normalized spacial score (nSPS) is 18.8. The van der Waals surface area contributed by atoms with Crippen LogP contribution in [0.5, 0.6) is 0 Å². The van der Waals surface area contributed by atoms with Crippen LogP contribution in [0, 0.1) is 5.41 Å². The van der Waals surface area contributed by atoms with Gasteiger partial charge in [-0.2, -0.15) is 12.8 Å². The van der Waals surface area contributed by atoms with Gasteiger partial charge in [0.25, 0.3) is 10.0 Å². The number of hydrogen-bond acceptors (Lipinski definition) is 3. The predicted octanol–water partition coefficient (Wildman–Crippen LogP) is 2.93. The van der Waals surface area contributed by atoms with Gasteiger partial charge < -0.3 is 0 Å². The van der Waals surface area contributed by atoms with Crippen molar-refractivity contribution >= 4 is 26.8 Å². The first-order valence-electron chi connectivity index (χ1n) is 4.93. The quantitative estimate of drug-likeness (QED) is 0.716. The van der Waals surface area contributed by atoms with Gasteiger partial charge in [0.2, 0.25) is 0 Å². The molecule has 0 aliphatic carbocycles. The Kier molecular flexibility index (Phi) is 2.62. The minimum absolute atomic E-state index is 0.245. The molecule has 0 atom stereocenters. The average molecular weight is 255 g/mol. The van der Waals surface area contributed by atoms with E-state index in [0.29, 0.717) is 9.94 Å². The second-order valence-corrected chi connectivity index (χ2v) is 7.27. The molecule has 1 aliphatic heterocycles. The van der Waals surface area contributed by atoms with E-state index in [1.54, 1.807) is 12.1 Å². The van der Waals surface area contributed by atoms with Crippen LogP contribution in [0.15, 0.2) is 38.5 Å². The smallest absolute Gasteiger partial charge is 0.199 e. The maximum Gasteiger partial charge on any atom is 0.284 e. The Morgan fingerprint density at radius 2 is 1.81 bits per heavy atom. The van der Waals surface area contributed by atoms with Gasteiger partial charge in [0.1, 0.15) is 4.90 Å². The van der Waals surface area contributed by atoms with Gasteiger partial charge in [-0.3, -0.25) is 0 Å². The Hall–Kier alpha value is -0.810. The number of sulfonamides is 1. The molecule has 2 rings (SSSR count). The summed E-state index contributed by atoms with van der Waals surface area (Å²) in [5, 5.41) is 0.645. The SMILES string of the molecule is CC(C)(C)C1=NS(=O)(=O)c2ccccc2S1. The number of rotatable bonds is 0. The molecule has 1 aromatic carbocycles. The Bertz CT molecular complexity index is 554. The number of fused-ring (bicyclic) bond motifs is 1. The lowest BCUT2D eigenvalue weighted by molar-refractivity contribution is 0.584. The number of benzene rings is 1. The predicted molar refractivity (Wildman–Crippen MR) is 66.4 cm³/mol. The van der Waals surface area contributed by atoms with Crippen LogP contribution in [0.3, 0.4) is 0 Å². The Balaban J connectivity index is 2.61. The molecule has 5 heteroatoms. The second-order valence-electron chi connectivity index (χ2n) is 4.67. The number of thioether (sulfide) groups is 1. The van der Waals surface area contributed by atoms with Crippen molar-refractivity contribution in [1.82, 2.24) is 0 Å². The van der Waals surface area contributed by atoms with Crippen molar-refractivity contribution in [2.75, 3.05) is 0 Å². The first-order chi connectivity index (χ1) is 7.31. The monoisotopic (exact) mass is 255 g/mol. The van der Waals surface area contributed by atoms with Gasteiger partial charge in [-0.25, -0.2) is 0 Å². The Labute approximate surface area is 100 Å². The summed E-state index contributed by atoms with van der Waals surface area (Å²) in [5.74, 6) is 0. The molecular weight excluding hydrogens is 242 g/mol. The molecule has 3 nitrogen and oxygen atoms in total. The van der Waals surface area contributed by atoms with Crippen molar-refractivity contribution in [3.8, 4) is 0 Å². The van der Waals surface area contributed by atoms with Gasteiger partial charge in [-0.15, -0.1) is 0 Å². The van der Waals surface area contributed by atoms with Crippen LogP contribution in [0.4, 0.5) is 0 Å². The van der Waals surface area contributed by atoms with E-state index in [-0.39, 0.29) is 5.41 Å². The van der Waals surface area contributed by atoms with Crippen LogP contribution in [-0.4, -0.2) is 13.5 Å². The van der Waals surface area contributed by atoms with E-state index < -0.39 is 10.0 Å². The summed E-state index contributed by atoms with van der Waals surface area (Å²) in [6, 6.07) is 6.97. The number of nitrogens with zero attached hydrogens (tertiary/aromatic N) is 1. The molecular formula is C11H13NO2S2. The van der Waals surface area contributed by atoms with Gasteiger partial charge in [0, 0.05) is 10.3 Å². The van der Waals surface area contributed by atoms with Crippen LogP contribution in [-0.2, 0) is 10.0 Å². The fourth-order valence-corrected chi connectivity index (χ4v) is 4.20.